The predicted molar refractivity (Wildman–Crippen MR) is 95.4 cm³/mol. The van der Waals surface area contributed by atoms with E-state index in [-0.39, 0.29) is 10.8 Å². The molecular formula is C18H20N2O4S. The molecule has 1 aliphatic heterocycles. The maximum absolute atomic E-state index is 12.7. The Morgan fingerprint density at radius 1 is 1.12 bits per heavy atom. The summed E-state index contributed by atoms with van der Waals surface area (Å²) >= 11 is 0. The van der Waals surface area contributed by atoms with E-state index >= 15 is 0 Å². The molecule has 0 spiro atoms. The fourth-order valence-electron chi connectivity index (χ4n) is 2.72. The standard InChI is InChI=1S/C18H20N2O4S/c21-18(10-9-16-7-5-13-24-16)19-15-6-4-8-17(14-15)25(22,23)20-11-2-1-3-12-20/h4-10,13-14H,1-3,11-12H2,(H,19,21). The molecule has 0 unspecified atom stereocenters. The second kappa shape index (κ2) is 7.67. The highest BCUT2D eigenvalue weighted by Gasteiger charge is 2.25. The Hall–Kier alpha value is -2.38. The van der Waals surface area contributed by atoms with E-state index < -0.39 is 10.0 Å². The van der Waals surface area contributed by atoms with Crippen LogP contribution in [0.2, 0.25) is 0 Å². The summed E-state index contributed by atoms with van der Waals surface area (Å²) in [5, 5.41) is 2.67. The monoisotopic (exact) mass is 360 g/mol. The fourth-order valence-corrected chi connectivity index (χ4v) is 4.28. The number of nitrogens with one attached hydrogen (secondary N) is 1. The van der Waals surface area contributed by atoms with Gasteiger partial charge in [-0.15, -0.1) is 0 Å². The molecule has 1 aromatic carbocycles. The van der Waals surface area contributed by atoms with Gasteiger partial charge in [-0.3, -0.25) is 4.79 Å². The van der Waals surface area contributed by atoms with Crippen molar-refractivity contribution in [3.8, 4) is 0 Å². The van der Waals surface area contributed by atoms with Gasteiger partial charge >= 0.3 is 0 Å². The van der Waals surface area contributed by atoms with Gasteiger partial charge in [0.05, 0.1) is 11.2 Å². The molecule has 0 aliphatic carbocycles. The molecule has 1 fully saturated rings. The van der Waals surface area contributed by atoms with Gasteiger partial charge in [0.15, 0.2) is 0 Å². The molecule has 1 N–H and O–H groups in total. The van der Waals surface area contributed by atoms with Crippen LogP contribution in [0.3, 0.4) is 0 Å². The molecule has 2 aromatic rings. The van der Waals surface area contributed by atoms with Crippen molar-refractivity contribution in [2.45, 2.75) is 24.2 Å². The highest BCUT2D eigenvalue weighted by Crippen LogP contribution is 2.22. The first kappa shape index (κ1) is 17.4. The van der Waals surface area contributed by atoms with E-state index in [0.717, 1.165) is 19.3 Å². The zero-order valence-corrected chi connectivity index (χ0v) is 14.5. The second-order valence-electron chi connectivity index (χ2n) is 5.83. The van der Waals surface area contributed by atoms with Crippen LogP contribution in [0.25, 0.3) is 6.08 Å². The van der Waals surface area contributed by atoms with Crippen molar-refractivity contribution in [2.24, 2.45) is 0 Å². The number of anilines is 1. The minimum Gasteiger partial charge on any atom is -0.465 e. The summed E-state index contributed by atoms with van der Waals surface area (Å²) in [6.07, 6.45) is 7.23. The number of amides is 1. The summed E-state index contributed by atoms with van der Waals surface area (Å²) in [5.41, 5.74) is 0.437. The van der Waals surface area contributed by atoms with E-state index in [1.165, 1.54) is 22.7 Å². The maximum Gasteiger partial charge on any atom is 0.248 e. The Balaban J connectivity index is 1.71. The first-order chi connectivity index (χ1) is 12.1. The Morgan fingerprint density at radius 2 is 1.92 bits per heavy atom. The number of benzene rings is 1. The molecule has 1 aliphatic rings. The Kier molecular flexibility index (Phi) is 5.35. The Labute approximate surface area is 147 Å². The van der Waals surface area contributed by atoms with Crippen LogP contribution < -0.4 is 5.32 Å². The maximum atomic E-state index is 12.7. The molecule has 6 nitrogen and oxygen atoms in total. The van der Waals surface area contributed by atoms with Gasteiger partial charge in [-0.1, -0.05) is 12.5 Å². The molecular weight excluding hydrogens is 340 g/mol. The fraction of sp³-hybridized carbons (Fsp3) is 0.278. The van der Waals surface area contributed by atoms with Gasteiger partial charge in [-0.05, 0) is 49.2 Å². The third-order valence-corrected chi connectivity index (χ3v) is 5.89. The van der Waals surface area contributed by atoms with E-state index in [9.17, 15) is 13.2 Å². The number of rotatable bonds is 5. The van der Waals surface area contributed by atoms with E-state index in [2.05, 4.69) is 5.32 Å². The van der Waals surface area contributed by atoms with Crippen molar-refractivity contribution in [2.75, 3.05) is 18.4 Å². The second-order valence-corrected chi connectivity index (χ2v) is 7.77. The van der Waals surface area contributed by atoms with E-state index in [0.29, 0.717) is 24.5 Å². The van der Waals surface area contributed by atoms with Crippen LogP contribution in [0.1, 0.15) is 25.0 Å². The summed E-state index contributed by atoms with van der Waals surface area (Å²) in [6.45, 7) is 1.09. The lowest BCUT2D eigenvalue weighted by molar-refractivity contribution is -0.111. The zero-order valence-electron chi connectivity index (χ0n) is 13.7. The third-order valence-electron chi connectivity index (χ3n) is 4.00. The zero-order chi connectivity index (χ0) is 17.7. The normalized spacial score (nSPS) is 16.2. The van der Waals surface area contributed by atoms with Crippen molar-refractivity contribution >= 4 is 27.7 Å². The van der Waals surface area contributed by atoms with Crippen LogP contribution in [-0.2, 0) is 14.8 Å². The molecule has 2 heterocycles. The number of carbonyl (C=O) groups is 1. The third kappa shape index (κ3) is 4.37. The molecule has 3 rings (SSSR count). The van der Waals surface area contributed by atoms with Crippen molar-refractivity contribution in [1.29, 1.82) is 0 Å². The van der Waals surface area contributed by atoms with Crippen LogP contribution in [0, 0.1) is 0 Å². The minimum atomic E-state index is -3.52. The van der Waals surface area contributed by atoms with Crippen LogP contribution in [-0.4, -0.2) is 31.7 Å². The number of hydrogen-bond donors (Lipinski definition) is 1. The number of nitrogens with zero attached hydrogens (tertiary/aromatic N) is 1. The van der Waals surface area contributed by atoms with Crippen LogP contribution in [0.5, 0.6) is 0 Å². The molecule has 0 saturated carbocycles. The van der Waals surface area contributed by atoms with E-state index in [4.69, 9.17) is 4.42 Å². The van der Waals surface area contributed by atoms with Crippen molar-refractivity contribution in [3.63, 3.8) is 0 Å². The molecule has 25 heavy (non-hydrogen) atoms. The van der Waals surface area contributed by atoms with Gasteiger partial charge in [0.1, 0.15) is 5.76 Å². The number of sulfonamides is 1. The molecule has 7 heteroatoms. The number of hydrogen-bond acceptors (Lipinski definition) is 4. The van der Waals surface area contributed by atoms with Gasteiger partial charge in [-0.2, -0.15) is 4.31 Å². The molecule has 0 radical (unpaired) electrons. The van der Waals surface area contributed by atoms with E-state index in [1.54, 1.807) is 36.4 Å². The van der Waals surface area contributed by atoms with Crippen molar-refractivity contribution < 1.29 is 17.6 Å². The minimum absolute atomic E-state index is 0.196. The summed E-state index contributed by atoms with van der Waals surface area (Å²) in [7, 11) is -3.52. The lowest BCUT2D eigenvalue weighted by Gasteiger charge is -2.26. The highest BCUT2D eigenvalue weighted by molar-refractivity contribution is 7.89. The van der Waals surface area contributed by atoms with Crippen molar-refractivity contribution in [3.05, 3.63) is 54.5 Å². The first-order valence-electron chi connectivity index (χ1n) is 8.18. The first-order valence-corrected chi connectivity index (χ1v) is 9.62. The largest absolute Gasteiger partial charge is 0.465 e. The van der Waals surface area contributed by atoms with Crippen LogP contribution >= 0.6 is 0 Å². The molecule has 0 bridgehead atoms. The molecule has 0 atom stereocenters. The van der Waals surface area contributed by atoms with Gasteiger partial charge in [-0.25, -0.2) is 8.42 Å². The van der Waals surface area contributed by atoms with Crippen LogP contribution in [0.4, 0.5) is 5.69 Å². The summed E-state index contributed by atoms with van der Waals surface area (Å²) in [5.74, 6) is 0.209. The average Bonchev–Trinajstić information content (AvgIpc) is 3.14. The van der Waals surface area contributed by atoms with E-state index in [1.807, 2.05) is 0 Å². The lowest BCUT2D eigenvalue weighted by atomic mass is 10.2. The van der Waals surface area contributed by atoms with Crippen LogP contribution in [0.15, 0.2) is 58.1 Å². The molecule has 1 saturated heterocycles. The SMILES string of the molecule is O=C(C=Cc1ccco1)Nc1cccc(S(=O)(=O)N2CCCCC2)c1. The van der Waals surface area contributed by atoms with Gasteiger partial charge in [0.25, 0.3) is 0 Å². The Bertz CT molecular complexity index is 851. The summed E-state index contributed by atoms with van der Waals surface area (Å²) < 4.78 is 32.0. The molecule has 1 amide bonds. The highest BCUT2D eigenvalue weighted by atomic mass is 32.2. The summed E-state index contributed by atoms with van der Waals surface area (Å²) in [6, 6.07) is 9.79. The smallest absolute Gasteiger partial charge is 0.248 e. The lowest BCUT2D eigenvalue weighted by Crippen LogP contribution is -2.35. The molecule has 1 aromatic heterocycles. The van der Waals surface area contributed by atoms with Gasteiger partial charge in [0.2, 0.25) is 15.9 Å². The number of carbonyl (C=O) groups excluding carboxylic acids is 1. The topological polar surface area (TPSA) is 79.6 Å². The van der Waals surface area contributed by atoms with Crippen molar-refractivity contribution in [1.82, 2.24) is 4.31 Å². The number of furan rings is 1. The Morgan fingerprint density at radius 3 is 2.64 bits per heavy atom. The van der Waals surface area contributed by atoms with Gasteiger partial charge < -0.3 is 9.73 Å². The molecule has 132 valence electrons. The average molecular weight is 360 g/mol. The quantitative estimate of drug-likeness (QED) is 0.831. The predicted octanol–water partition coefficient (Wildman–Crippen LogP) is 3.11. The van der Waals surface area contributed by atoms with Gasteiger partial charge in [0, 0.05) is 24.9 Å². The number of piperidine rings is 1. The summed E-state index contributed by atoms with van der Waals surface area (Å²) in [4.78, 5) is 12.2.